The highest BCUT2D eigenvalue weighted by atomic mass is 32.2. The van der Waals surface area contributed by atoms with E-state index >= 15 is 0 Å². The van der Waals surface area contributed by atoms with Gasteiger partial charge in [0.05, 0.1) is 31.9 Å². The molecule has 2 aromatic heterocycles. The molecule has 22 heteroatoms. The number of nitrogens with one attached hydrogen (secondary N) is 2. The van der Waals surface area contributed by atoms with Crippen LogP contribution >= 0.6 is 11.3 Å². The number of β-lactam (4-membered cyclic amide) rings is 1. The number of carboxylic acids is 1. The van der Waals surface area contributed by atoms with Crippen molar-refractivity contribution in [2.75, 3.05) is 45.5 Å². The van der Waals surface area contributed by atoms with E-state index in [1.54, 1.807) is 0 Å². The Morgan fingerprint density at radius 2 is 1.93 bits per heavy atom. The average Bonchev–Trinajstić information content (AvgIpc) is 3.59. The van der Waals surface area contributed by atoms with E-state index in [1.165, 1.54) is 30.1 Å². The van der Waals surface area contributed by atoms with Crippen molar-refractivity contribution in [2.24, 2.45) is 5.16 Å². The lowest BCUT2D eigenvalue weighted by Gasteiger charge is -2.43. The van der Waals surface area contributed by atoms with Crippen LogP contribution in [0.15, 0.2) is 16.7 Å². The predicted octanol–water partition coefficient (Wildman–Crippen LogP) is -3.04. The van der Waals surface area contributed by atoms with Crippen LogP contribution in [0.5, 0.6) is 0 Å². The number of aromatic nitrogens is 4. The number of rotatable bonds is 13. The van der Waals surface area contributed by atoms with Crippen LogP contribution < -0.4 is 16.4 Å². The van der Waals surface area contributed by atoms with Gasteiger partial charge in [-0.2, -0.15) is 8.42 Å². The molecule has 0 spiro atoms. The average molecular weight is 672 g/mol. The van der Waals surface area contributed by atoms with Crippen molar-refractivity contribution in [1.82, 2.24) is 44.7 Å². The van der Waals surface area contributed by atoms with E-state index in [4.69, 9.17) is 10.6 Å². The van der Waals surface area contributed by atoms with Gasteiger partial charge < -0.3 is 31.2 Å². The summed E-state index contributed by atoms with van der Waals surface area (Å²) in [5, 5.41) is 27.3. The molecule has 4 heterocycles. The van der Waals surface area contributed by atoms with Crippen LogP contribution in [0.2, 0.25) is 0 Å². The molecule has 6 N–H and O–H groups in total. The minimum absolute atomic E-state index is 0.0294. The number of thiazole rings is 1. The molecule has 45 heavy (non-hydrogen) atoms. The quantitative estimate of drug-likeness (QED) is 0.0613. The van der Waals surface area contributed by atoms with Crippen LogP contribution in [0.25, 0.3) is 0 Å². The Labute approximate surface area is 261 Å². The van der Waals surface area contributed by atoms with E-state index in [0.717, 1.165) is 37.5 Å². The Morgan fingerprint density at radius 1 is 1.24 bits per heavy atom. The van der Waals surface area contributed by atoms with Gasteiger partial charge in [-0.15, -0.1) is 16.4 Å². The Morgan fingerprint density at radius 3 is 2.53 bits per heavy atom. The number of carbonyl (C=O) groups is 4. The van der Waals surface area contributed by atoms with Crippen molar-refractivity contribution in [2.45, 2.75) is 44.6 Å². The molecule has 2 aromatic rings. The molecule has 0 bridgehead atoms. The standard InChI is InChI=1S/C23H33N11O9S2/c1-23(2,21(38)39)43-29-17(14-12-44-22(24)26-14)19(36)27-18-15(34(20(18)37)45(40,41)42)10-33-9-13(28-30-33)8-25-16(35)11-32-6-4-31(3)5-7-32/h9,12,15,18H,4-8,10-11H2,1-3H3,(H2,24,26)(H,25,35)(H,27,36)(H,38,39)(H,40,41,42)/b29-17+/t15-,18+/m1/s1. The smallest absolute Gasteiger partial charge is 0.362 e. The van der Waals surface area contributed by atoms with E-state index in [0.29, 0.717) is 5.69 Å². The van der Waals surface area contributed by atoms with Crippen LogP contribution in [0, 0.1) is 0 Å². The largest absolute Gasteiger partial charge is 0.478 e. The molecule has 2 aliphatic rings. The van der Waals surface area contributed by atoms with Gasteiger partial charge in [0.15, 0.2) is 10.8 Å². The molecule has 2 atom stereocenters. The molecule has 3 amide bonds. The summed E-state index contributed by atoms with van der Waals surface area (Å²) in [6.45, 7) is 5.53. The number of likely N-dealkylation sites (N-methyl/N-ethyl adjacent to an activating group) is 1. The molecule has 0 aromatic carbocycles. The second-order valence-electron chi connectivity index (χ2n) is 10.8. The fourth-order valence-corrected chi connectivity index (χ4v) is 5.72. The zero-order valence-electron chi connectivity index (χ0n) is 24.5. The normalized spacial score (nSPS) is 20.0. The summed E-state index contributed by atoms with van der Waals surface area (Å²) in [6.07, 6.45) is 1.41. The summed E-state index contributed by atoms with van der Waals surface area (Å²) in [5.41, 5.74) is 3.51. The number of nitrogens with zero attached hydrogens (tertiary/aromatic N) is 8. The number of hydrogen-bond acceptors (Lipinski definition) is 15. The van der Waals surface area contributed by atoms with Crippen molar-refractivity contribution >= 4 is 56.2 Å². The molecule has 20 nitrogen and oxygen atoms in total. The molecule has 0 radical (unpaired) electrons. The summed E-state index contributed by atoms with van der Waals surface area (Å²) in [6, 6.07) is -2.85. The SMILES string of the molecule is CN1CCN(CC(=O)NCc2cn(C[C@@H]3[C@H](NC(=O)/C(=N/OC(C)(C)C(=O)O)c4csc(N)n4)C(=O)N3S(=O)(=O)O)nn2)CC1. The first-order valence-electron chi connectivity index (χ1n) is 13.4. The number of nitrogens with two attached hydrogens (primary N) is 1. The Balaban J connectivity index is 1.44. The molecule has 0 unspecified atom stereocenters. The van der Waals surface area contributed by atoms with Crippen molar-refractivity contribution in [1.29, 1.82) is 0 Å². The number of carboxylic acid groups (broad SMARTS) is 1. The lowest BCUT2D eigenvalue weighted by molar-refractivity contribution is -0.161. The first kappa shape index (κ1) is 33.6. The Kier molecular flexibility index (Phi) is 10.0. The number of carbonyl (C=O) groups excluding carboxylic acids is 3. The molecule has 0 saturated carbocycles. The van der Waals surface area contributed by atoms with Gasteiger partial charge in [-0.05, 0) is 20.9 Å². The molecule has 4 rings (SSSR count). The van der Waals surface area contributed by atoms with Gasteiger partial charge in [0.2, 0.25) is 11.5 Å². The van der Waals surface area contributed by atoms with Gasteiger partial charge in [0.25, 0.3) is 11.8 Å². The Bertz CT molecular complexity index is 1580. The number of anilines is 1. The molecular weight excluding hydrogens is 638 g/mol. The molecule has 246 valence electrons. The summed E-state index contributed by atoms with van der Waals surface area (Å²) in [5.74, 6) is -3.82. The molecule has 2 saturated heterocycles. The van der Waals surface area contributed by atoms with E-state index in [-0.39, 0.29) is 40.7 Å². The number of amides is 3. The number of aliphatic carboxylic acids is 1. The topological polar surface area (TPSA) is 268 Å². The highest BCUT2D eigenvalue weighted by Crippen LogP contribution is 2.25. The molecule has 2 aliphatic heterocycles. The summed E-state index contributed by atoms with van der Waals surface area (Å²) in [7, 11) is -3.02. The van der Waals surface area contributed by atoms with Crippen LogP contribution in [0.4, 0.5) is 5.13 Å². The van der Waals surface area contributed by atoms with E-state index in [9.17, 15) is 37.3 Å². The third-order valence-corrected chi connectivity index (χ3v) is 8.58. The third-order valence-electron chi connectivity index (χ3n) is 6.95. The fraction of sp³-hybridized carbons (Fsp3) is 0.565. The minimum atomic E-state index is -5.03. The maximum atomic E-state index is 13.2. The second kappa shape index (κ2) is 13.4. The summed E-state index contributed by atoms with van der Waals surface area (Å²) < 4.78 is 35.0. The van der Waals surface area contributed by atoms with Crippen LogP contribution in [0.3, 0.4) is 0 Å². The van der Waals surface area contributed by atoms with Crippen LogP contribution in [0.1, 0.15) is 25.2 Å². The number of hydrogen-bond donors (Lipinski definition) is 5. The van der Waals surface area contributed by atoms with Gasteiger partial charge in [0, 0.05) is 31.6 Å². The van der Waals surface area contributed by atoms with Crippen LogP contribution in [-0.2, 0) is 47.4 Å². The molecular formula is C23H33N11O9S2. The Hall–Kier alpha value is -4.25. The zero-order chi connectivity index (χ0) is 33.1. The fourth-order valence-electron chi connectivity index (χ4n) is 4.30. The minimum Gasteiger partial charge on any atom is -0.478 e. The van der Waals surface area contributed by atoms with E-state index in [1.807, 2.05) is 11.9 Å². The zero-order valence-corrected chi connectivity index (χ0v) is 26.1. The maximum absolute atomic E-state index is 13.2. The summed E-state index contributed by atoms with van der Waals surface area (Å²) >= 11 is 0.949. The number of nitrogen functional groups attached to an aromatic ring is 1. The van der Waals surface area contributed by atoms with Crippen molar-refractivity contribution < 1.29 is 42.1 Å². The predicted molar refractivity (Wildman–Crippen MR) is 156 cm³/mol. The molecule has 2 fully saturated rings. The van der Waals surface area contributed by atoms with Gasteiger partial charge in [-0.25, -0.2) is 18.8 Å². The highest BCUT2D eigenvalue weighted by molar-refractivity contribution is 7.84. The van der Waals surface area contributed by atoms with Gasteiger partial charge in [-0.1, -0.05) is 10.4 Å². The van der Waals surface area contributed by atoms with Gasteiger partial charge >= 0.3 is 16.3 Å². The van der Waals surface area contributed by atoms with Crippen molar-refractivity contribution in [3.8, 4) is 0 Å². The summed E-state index contributed by atoms with van der Waals surface area (Å²) in [4.78, 5) is 63.0. The maximum Gasteiger partial charge on any atom is 0.362 e. The monoisotopic (exact) mass is 671 g/mol. The van der Waals surface area contributed by atoms with E-state index < -0.39 is 51.5 Å². The third kappa shape index (κ3) is 8.27. The van der Waals surface area contributed by atoms with Crippen molar-refractivity contribution in [3.05, 3.63) is 23.0 Å². The van der Waals surface area contributed by atoms with Crippen LogP contribution in [-0.4, -0.2) is 139 Å². The number of piperazine rings is 1. The first-order valence-corrected chi connectivity index (χ1v) is 15.7. The highest BCUT2D eigenvalue weighted by Gasteiger charge is 2.54. The second-order valence-corrected chi connectivity index (χ2v) is 13.0. The van der Waals surface area contributed by atoms with Gasteiger partial charge in [-0.3, -0.25) is 23.8 Å². The van der Waals surface area contributed by atoms with E-state index in [2.05, 4.69) is 36.0 Å². The molecule has 0 aliphatic carbocycles. The number of oxime groups is 1. The lowest BCUT2D eigenvalue weighted by Crippen LogP contribution is -2.73. The van der Waals surface area contributed by atoms with Crippen molar-refractivity contribution in [3.63, 3.8) is 0 Å². The first-order chi connectivity index (χ1) is 21.0. The lowest BCUT2D eigenvalue weighted by atomic mass is 9.98. The van der Waals surface area contributed by atoms with Gasteiger partial charge in [0.1, 0.15) is 17.4 Å².